The number of rotatable bonds is 9. The Bertz CT molecular complexity index is 1160. The molecule has 0 aromatic heterocycles. The molecule has 3 fully saturated rings. The number of nitrogens with one attached hydrogen (secondary N) is 1. The second-order valence-corrected chi connectivity index (χ2v) is 10.7. The topological polar surface area (TPSA) is 114 Å². The number of carbonyl (C=O) groups is 3. The Labute approximate surface area is 228 Å². The predicted molar refractivity (Wildman–Crippen MR) is 143 cm³/mol. The number of carboxylic acid groups (broad SMARTS) is 1. The van der Waals surface area contributed by atoms with E-state index in [1.54, 1.807) is 24.3 Å². The summed E-state index contributed by atoms with van der Waals surface area (Å²) in [6.07, 6.45) is 2.98. The largest absolute Gasteiger partial charge is 0.484 e. The Morgan fingerprint density at radius 1 is 1.00 bits per heavy atom. The maximum absolute atomic E-state index is 12.8. The Morgan fingerprint density at radius 2 is 1.74 bits per heavy atom. The van der Waals surface area contributed by atoms with E-state index >= 15 is 0 Å². The van der Waals surface area contributed by atoms with Gasteiger partial charge in [0.25, 0.3) is 0 Å². The van der Waals surface area contributed by atoms with Crippen LogP contribution in [0.3, 0.4) is 0 Å². The molecule has 2 aromatic carbocycles. The van der Waals surface area contributed by atoms with Crippen LogP contribution < -0.4 is 10.1 Å². The first-order valence-electron chi connectivity index (χ1n) is 13.8. The van der Waals surface area contributed by atoms with Crippen molar-refractivity contribution in [3.63, 3.8) is 0 Å². The van der Waals surface area contributed by atoms with Gasteiger partial charge in [0.15, 0.2) is 0 Å². The van der Waals surface area contributed by atoms with Crippen molar-refractivity contribution in [2.45, 2.75) is 75.7 Å². The number of ether oxygens (including phenoxy) is 3. The first-order chi connectivity index (χ1) is 18.9. The Balaban J connectivity index is 1.25. The highest BCUT2D eigenvalue weighted by atomic mass is 16.5. The van der Waals surface area contributed by atoms with E-state index in [-0.39, 0.29) is 18.5 Å². The van der Waals surface area contributed by atoms with Gasteiger partial charge < -0.3 is 29.5 Å². The van der Waals surface area contributed by atoms with Crippen LogP contribution >= 0.6 is 0 Å². The average molecular weight is 537 g/mol. The van der Waals surface area contributed by atoms with Crippen LogP contribution in [0.1, 0.15) is 79.0 Å². The quantitative estimate of drug-likeness (QED) is 0.448. The molecule has 1 aliphatic carbocycles. The molecule has 208 valence electrons. The van der Waals surface area contributed by atoms with Gasteiger partial charge in [0.1, 0.15) is 24.1 Å². The van der Waals surface area contributed by atoms with Gasteiger partial charge in [-0.2, -0.15) is 0 Å². The molecule has 2 aliphatic heterocycles. The van der Waals surface area contributed by atoms with E-state index < -0.39 is 30.4 Å². The molecule has 9 nitrogen and oxygen atoms in total. The Morgan fingerprint density at radius 3 is 2.38 bits per heavy atom. The lowest BCUT2D eigenvalue weighted by Crippen LogP contribution is -2.44. The van der Waals surface area contributed by atoms with E-state index in [0.717, 1.165) is 12.0 Å². The molecule has 1 saturated carbocycles. The van der Waals surface area contributed by atoms with Crippen LogP contribution in [0.15, 0.2) is 48.5 Å². The molecule has 3 aliphatic rings. The van der Waals surface area contributed by atoms with Crippen molar-refractivity contribution in [3.05, 3.63) is 65.2 Å². The van der Waals surface area contributed by atoms with Gasteiger partial charge in [-0.15, -0.1) is 0 Å². The van der Waals surface area contributed by atoms with Gasteiger partial charge in [0, 0.05) is 13.2 Å². The molecule has 5 rings (SSSR count). The highest BCUT2D eigenvalue weighted by Gasteiger charge is 2.30. The number of carbonyl (C=O) groups excluding carboxylic acids is 2. The van der Waals surface area contributed by atoms with Crippen molar-refractivity contribution < 1.29 is 33.7 Å². The van der Waals surface area contributed by atoms with E-state index in [4.69, 9.17) is 14.2 Å². The summed E-state index contributed by atoms with van der Waals surface area (Å²) in [4.78, 5) is 38.0. The van der Waals surface area contributed by atoms with Crippen molar-refractivity contribution in [3.8, 4) is 5.75 Å². The molecular weight excluding hydrogens is 500 g/mol. The van der Waals surface area contributed by atoms with Crippen molar-refractivity contribution in [2.24, 2.45) is 0 Å². The molecule has 2 aromatic rings. The van der Waals surface area contributed by atoms with Crippen molar-refractivity contribution in [1.29, 1.82) is 0 Å². The van der Waals surface area contributed by atoms with Gasteiger partial charge in [0.05, 0.1) is 18.2 Å². The summed E-state index contributed by atoms with van der Waals surface area (Å²) < 4.78 is 17.5. The van der Waals surface area contributed by atoms with E-state index in [1.807, 2.05) is 6.92 Å². The van der Waals surface area contributed by atoms with Gasteiger partial charge in [0.2, 0.25) is 5.91 Å². The van der Waals surface area contributed by atoms with Gasteiger partial charge in [-0.05, 0) is 86.8 Å². The first kappa shape index (κ1) is 27.0. The summed E-state index contributed by atoms with van der Waals surface area (Å²) in [6, 6.07) is 14.7. The minimum atomic E-state index is -1.00. The fourth-order valence-corrected chi connectivity index (χ4v) is 5.25. The molecule has 2 amide bonds. The van der Waals surface area contributed by atoms with Crippen LogP contribution in [0, 0.1) is 0 Å². The Kier molecular flexibility index (Phi) is 8.35. The first-order valence-corrected chi connectivity index (χ1v) is 13.8. The average Bonchev–Trinajstić information content (AvgIpc) is 3.65. The van der Waals surface area contributed by atoms with Crippen LogP contribution in [0.5, 0.6) is 5.75 Å². The number of amides is 2. The van der Waals surface area contributed by atoms with Gasteiger partial charge in [-0.1, -0.05) is 24.3 Å². The molecule has 2 N–H and O–H groups in total. The summed E-state index contributed by atoms with van der Waals surface area (Å²) in [6.45, 7) is 3.15. The van der Waals surface area contributed by atoms with Crippen LogP contribution in [-0.4, -0.2) is 65.9 Å². The number of esters is 1. The lowest BCUT2D eigenvalue weighted by atomic mass is 10.00. The smallest absolute Gasteiger partial charge is 0.407 e. The van der Waals surface area contributed by atoms with Gasteiger partial charge in [-0.25, -0.2) is 9.59 Å². The van der Waals surface area contributed by atoms with Crippen molar-refractivity contribution >= 4 is 18.0 Å². The van der Waals surface area contributed by atoms with Gasteiger partial charge in [-0.3, -0.25) is 4.79 Å². The summed E-state index contributed by atoms with van der Waals surface area (Å²) in [5, 5.41) is 12.3. The lowest BCUT2D eigenvalue weighted by molar-refractivity contribution is -0.131. The molecule has 0 bridgehead atoms. The third-order valence-corrected chi connectivity index (χ3v) is 7.64. The van der Waals surface area contributed by atoms with Crippen LogP contribution in [0.25, 0.3) is 0 Å². The summed E-state index contributed by atoms with van der Waals surface area (Å²) in [5.41, 5.74) is 2.63. The monoisotopic (exact) mass is 536 g/mol. The van der Waals surface area contributed by atoms with Crippen molar-refractivity contribution in [1.82, 2.24) is 10.2 Å². The van der Waals surface area contributed by atoms with E-state index in [9.17, 15) is 19.5 Å². The van der Waals surface area contributed by atoms with E-state index in [1.165, 1.54) is 23.3 Å². The fourth-order valence-electron chi connectivity index (χ4n) is 5.25. The third kappa shape index (κ3) is 6.89. The molecule has 0 spiro atoms. The number of hydrogen-bond acceptors (Lipinski definition) is 6. The lowest BCUT2D eigenvalue weighted by Gasteiger charge is -2.30. The molecule has 0 unspecified atom stereocenters. The SMILES string of the molecule is C[C@H](NC(=O)[C@H]1CCCO1)[C@H](Oc1ccc(C(=O)O[C@H]2CCCN(C(=O)O)C2)cc1)c1ccc(C2CC2)cc1. The van der Waals surface area contributed by atoms with E-state index in [2.05, 4.69) is 29.6 Å². The molecular formula is C30H36N2O7. The molecule has 9 heteroatoms. The molecule has 4 atom stereocenters. The molecule has 0 radical (unpaired) electrons. The molecule has 2 heterocycles. The van der Waals surface area contributed by atoms with Gasteiger partial charge >= 0.3 is 12.1 Å². The zero-order valence-corrected chi connectivity index (χ0v) is 22.2. The Hall–Kier alpha value is -3.59. The second kappa shape index (κ2) is 12.1. The number of benzene rings is 2. The molecule has 39 heavy (non-hydrogen) atoms. The minimum absolute atomic E-state index is 0.134. The number of piperidine rings is 1. The number of nitrogens with zero attached hydrogens (tertiary/aromatic N) is 1. The normalized spacial score (nSPS) is 22.5. The number of hydrogen-bond donors (Lipinski definition) is 2. The summed E-state index contributed by atoms with van der Waals surface area (Å²) in [5.74, 6) is 0.563. The van der Waals surface area contributed by atoms with Crippen LogP contribution in [0.4, 0.5) is 4.79 Å². The van der Waals surface area contributed by atoms with E-state index in [0.29, 0.717) is 49.6 Å². The second-order valence-electron chi connectivity index (χ2n) is 10.7. The fraction of sp³-hybridized carbons (Fsp3) is 0.500. The maximum atomic E-state index is 12.8. The zero-order valence-electron chi connectivity index (χ0n) is 22.2. The highest BCUT2D eigenvalue weighted by molar-refractivity contribution is 5.89. The van der Waals surface area contributed by atoms with Crippen molar-refractivity contribution in [2.75, 3.05) is 19.7 Å². The maximum Gasteiger partial charge on any atom is 0.407 e. The predicted octanol–water partition coefficient (Wildman–Crippen LogP) is 4.67. The third-order valence-electron chi connectivity index (χ3n) is 7.64. The number of likely N-dealkylation sites (tertiary alicyclic amines) is 1. The van der Waals surface area contributed by atoms with Crippen LogP contribution in [-0.2, 0) is 14.3 Å². The minimum Gasteiger partial charge on any atom is -0.484 e. The standard InChI is InChI=1S/C30H36N2O7/c1-19(31-28(33)26-5-3-17-37-26)27(22-10-8-21(9-11-22)20-6-7-20)38-24-14-12-23(13-15-24)29(34)39-25-4-2-16-32(18-25)30(35)36/h8-15,19-20,25-27H,2-7,16-18H2,1H3,(H,31,33)(H,35,36)/t19-,25-,26+,27-/m0/s1. The highest BCUT2D eigenvalue weighted by Crippen LogP contribution is 2.40. The zero-order chi connectivity index (χ0) is 27.4. The summed E-state index contributed by atoms with van der Waals surface area (Å²) in [7, 11) is 0. The van der Waals surface area contributed by atoms with Crippen LogP contribution in [0.2, 0.25) is 0 Å². The molecule has 2 saturated heterocycles. The summed E-state index contributed by atoms with van der Waals surface area (Å²) >= 11 is 0.